The van der Waals surface area contributed by atoms with E-state index < -0.39 is 17.4 Å². The Kier molecular flexibility index (Phi) is 2.22. The average molecular weight is 216 g/mol. The van der Waals surface area contributed by atoms with Crippen LogP contribution >= 0.6 is 0 Å². The van der Waals surface area contributed by atoms with Crippen LogP contribution in [0.1, 0.15) is 41.5 Å². The third-order valence-electron chi connectivity index (χ3n) is 2.87. The molecule has 0 radical (unpaired) electrons. The zero-order valence-corrected chi connectivity index (χ0v) is 10.3. The molecule has 15 heavy (non-hydrogen) atoms. The molecule has 0 aromatic carbocycles. The van der Waals surface area contributed by atoms with Crippen LogP contribution in [0.15, 0.2) is 0 Å². The fraction of sp³-hybridized carbons (Fsp3) is 1.00. The molecule has 88 valence electrons. The Morgan fingerprint density at radius 2 is 1.07 bits per heavy atom. The van der Waals surface area contributed by atoms with Crippen LogP contribution in [0.4, 0.5) is 0 Å². The standard InChI is InChI=1S/C11H20O4/c1-7-11(14-9(3,4)12-7)8(2)13-10(5,6)15-11/h7-8H,1-6H3. The summed E-state index contributed by atoms with van der Waals surface area (Å²) < 4.78 is 23.2. The molecule has 0 saturated carbocycles. The lowest BCUT2D eigenvalue weighted by Crippen LogP contribution is -2.47. The van der Waals surface area contributed by atoms with Crippen LogP contribution in [0.5, 0.6) is 0 Å². The van der Waals surface area contributed by atoms with Crippen LogP contribution in [0.3, 0.4) is 0 Å². The monoisotopic (exact) mass is 216 g/mol. The average Bonchev–Trinajstić information content (AvgIpc) is 2.31. The number of rotatable bonds is 0. The third kappa shape index (κ3) is 1.69. The number of hydrogen-bond donors (Lipinski definition) is 0. The summed E-state index contributed by atoms with van der Waals surface area (Å²) in [6.07, 6.45) is -0.270. The van der Waals surface area contributed by atoms with Gasteiger partial charge in [-0.1, -0.05) is 0 Å². The summed E-state index contributed by atoms with van der Waals surface area (Å²) in [5, 5.41) is 0. The molecule has 2 atom stereocenters. The summed E-state index contributed by atoms with van der Waals surface area (Å²) in [7, 11) is 0. The van der Waals surface area contributed by atoms with Gasteiger partial charge in [0.1, 0.15) is 12.2 Å². The van der Waals surface area contributed by atoms with Gasteiger partial charge in [0.2, 0.25) is 5.79 Å². The zero-order chi connectivity index (χ0) is 11.5. The molecular weight excluding hydrogens is 196 g/mol. The largest absolute Gasteiger partial charge is 0.342 e. The molecule has 0 bridgehead atoms. The molecule has 0 aromatic rings. The van der Waals surface area contributed by atoms with Crippen molar-refractivity contribution in [3.8, 4) is 0 Å². The molecule has 4 nitrogen and oxygen atoms in total. The fourth-order valence-electron chi connectivity index (χ4n) is 2.52. The highest BCUT2D eigenvalue weighted by Gasteiger charge is 2.63. The van der Waals surface area contributed by atoms with Gasteiger partial charge in [-0.25, -0.2) is 0 Å². The van der Waals surface area contributed by atoms with Crippen molar-refractivity contribution in [2.75, 3.05) is 0 Å². The Bertz CT molecular complexity index is 244. The molecule has 4 heteroatoms. The SMILES string of the molecule is CC1OC(C)(C)OC12OC(C)(C)OC2C. The first-order valence-corrected chi connectivity index (χ1v) is 5.43. The minimum Gasteiger partial charge on any atom is -0.342 e. The van der Waals surface area contributed by atoms with Gasteiger partial charge < -0.3 is 18.9 Å². The van der Waals surface area contributed by atoms with Gasteiger partial charge in [-0.05, 0) is 41.5 Å². The quantitative estimate of drug-likeness (QED) is 0.621. The van der Waals surface area contributed by atoms with Crippen LogP contribution in [0.25, 0.3) is 0 Å². The predicted molar refractivity (Wildman–Crippen MR) is 54.2 cm³/mol. The highest BCUT2D eigenvalue weighted by atomic mass is 16.9. The van der Waals surface area contributed by atoms with Crippen LogP contribution in [-0.4, -0.2) is 29.6 Å². The predicted octanol–water partition coefficient (Wildman–Crippen LogP) is 2.03. The molecule has 0 N–H and O–H groups in total. The van der Waals surface area contributed by atoms with Crippen molar-refractivity contribution in [1.82, 2.24) is 0 Å². The molecule has 0 amide bonds. The van der Waals surface area contributed by atoms with Crippen LogP contribution in [0.2, 0.25) is 0 Å². The smallest absolute Gasteiger partial charge is 0.226 e. The molecular formula is C11H20O4. The van der Waals surface area contributed by atoms with Gasteiger partial charge in [-0.15, -0.1) is 0 Å². The Morgan fingerprint density at radius 1 is 0.733 bits per heavy atom. The first-order valence-electron chi connectivity index (χ1n) is 5.43. The molecule has 2 rings (SSSR count). The first-order chi connectivity index (χ1) is 6.67. The second-order valence-electron chi connectivity index (χ2n) is 5.25. The Morgan fingerprint density at radius 3 is 1.27 bits per heavy atom. The molecule has 2 heterocycles. The van der Waals surface area contributed by atoms with E-state index >= 15 is 0 Å². The van der Waals surface area contributed by atoms with E-state index in [-0.39, 0.29) is 12.2 Å². The Hall–Kier alpha value is -0.160. The van der Waals surface area contributed by atoms with Gasteiger partial charge in [0.15, 0.2) is 11.6 Å². The molecule has 1 spiro atoms. The number of ether oxygens (including phenoxy) is 4. The van der Waals surface area contributed by atoms with E-state index in [1.807, 2.05) is 41.5 Å². The maximum absolute atomic E-state index is 5.89. The zero-order valence-electron chi connectivity index (χ0n) is 10.3. The van der Waals surface area contributed by atoms with Gasteiger partial charge >= 0.3 is 0 Å². The summed E-state index contributed by atoms with van der Waals surface area (Å²) in [6.45, 7) is 11.5. The van der Waals surface area contributed by atoms with E-state index in [2.05, 4.69) is 0 Å². The van der Waals surface area contributed by atoms with Gasteiger partial charge in [0.05, 0.1) is 0 Å². The lowest BCUT2D eigenvalue weighted by Gasteiger charge is -2.29. The summed E-state index contributed by atoms with van der Waals surface area (Å²) in [4.78, 5) is 0. The lowest BCUT2D eigenvalue weighted by molar-refractivity contribution is -0.268. The van der Waals surface area contributed by atoms with E-state index in [1.165, 1.54) is 0 Å². The number of hydrogen-bond acceptors (Lipinski definition) is 4. The highest BCUT2D eigenvalue weighted by Crippen LogP contribution is 2.47. The van der Waals surface area contributed by atoms with Crippen molar-refractivity contribution in [2.24, 2.45) is 0 Å². The molecule has 2 aliphatic rings. The Labute approximate surface area is 90.8 Å². The van der Waals surface area contributed by atoms with Gasteiger partial charge in [0.25, 0.3) is 0 Å². The second kappa shape index (κ2) is 2.94. The maximum Gasteiger partial charge on any atom is 0.226 e. The van der Waals surface area contributed by atoms with Crippen molar-refractivity contribution in [2.45, 2.75) is 71.1 Å². The van der Waals surface area contributed by atoms with Gasteiger partial charge in [-0.2, -0.15) is 0 Å². The van der Waals surface area contributed by atoms with E-state index in [4.69, 9.17) is 18.9 Å². The maximum atomic E-state index is 5.89. The van der Waals surface area contributed by atoms with E-state index in [0.29, 0.717) is 0 Å². The van der Waals surface area contributed by atoms with E-state index in [9.17, 15) is 0 Å². The summed E-state index contributed by atoms with van der Waals surface area (Å²) in [6, 6.07) is 0. The van der Waals surface area contributed by atoms with Crippen molar-refractivity contribution in [3.63, 3.8) is 0 Å². The molecule has 2 fully saturated rings. The minimum atomic E-state index is -0.771. The van der Waals surface area contributed by atoms with Crippen molar-refractivity contribution in [1.29, 1.82) is 0 Å². The van der Waals surface area contributed by atoms with E-state index in [0.717, 1.165) is 0 Å². The third-order valence-corrected chi connectivity index (χ3v) is 2.87. The summed E-state index contributed by atoms with van der Waals surface area (Å²) in [5.74, 6) is -2.00. The molecule has 0 aliphatic carbocycles. The first kappa shape index (κ1) is 11.3. The lowest BCUT2D eigenvalue weighted by atomic mass is 10.1. The summed E-state index contributed by atoms with van der Waals surface area (Å²) in [5.41, 5.74) is 0. The van der Waals surface area contributed by atoms with Crippen LogP contribution in [0, 0.1) is 0 Å². The minimum absolute atomic E-state index is 0.135. The molecule has 2 aliphatic heterocycles. The van der Waals surface area contributed by atoms with Crippen molar-refractivity contribution in [3.05, 3.63) is 0 Å². The molecule has 2 unspecified atom stereocenters. The van der Waals surface area contributed by atoms with E-state index in [1.54, 1.807) is 0 Å². The van der Waals surface area contributed by atoms with Crippen LogP contribution < -0.4 is 0 Å². The topological polar surface area (TPSA) is 36.9 Å². The Balaban J connectivity index is 2.28. The fourth-order valence-corrected chi connectivity index (χ4v) is 2.52. The normalized spacial score (nSPS) is 47.6. The molecule has 0 aromatic heterocycles. The van der Waals surface area contributed by atoms with Gasteiger partial charge in [0, 0.05) is 0 Å². The second-order valence-corrected chi connectivity index (χ2v) is 5.25. The highest BCUT2D eigenvalue weighted by molar-refractivity contribution is 4.96. The molecule has 2 saturated heterocycles. The van der Waals surface area contributed by atoms with Gasteiger partial charge in [-0.3, -0.25) is 0 Å². The van der Waals surface area contributed by atoms with Crippen molar-refractivity contribution < 1.29 is 18.9 Å². The van der Waals surface area contributed by atoms with Crippen LogP contribution in [-0.2, 0) is 18.9 Å². The van der Waals surface area contributed by atoms with Crippen molar-refractivity contribution >= 4 is 0 Å². The summed E-state index contributed by atoms with van der Waals surface area (Å²) >= 11 is 0.